The van der Waals surface area contributed by atoms with E-state index in [-0.39, 0.29) is 12.0 Å². The number of nitrogens with one attached hydrogen (secondary N) is 1. The number of aromatic nitrogens is 1. The normalized spacial score (nSPS) is 21.7. The molecule has 4 rings (SSSR count). The lowest BCUT2D eigenvalue weighted by atomic mass is 9.98. The third kappa shape index (κ3) is 2.91. The highest BCUT2D eigenvalue weighted by Gasteiger charge is 2.24. The van der Waals surface area contributed by atoms with E-state index in [0.29, 0.717) is 13.0 Å². The zero-order valence-corrected chi connectivity index (χ0v) is 13.3. The molecular formula is C19H22N2O2. The van der Waals surface area contributed by atoms with Crippen molar-refractivity contribution in [3.05, 3.63) is 42.1 Å². The van der Waals surface area contributed by atoms with E-state index in [1.54, 1.807) is 0 Å². The van der Waals surface area contributed by atoms with Crippen molar-refractivity contribution in [2.24, 2.45) is 0 Å². The summed E-state index contributed by atoms with van der Waals surface area (Å²) in [5.41, 5.74) is 3.77. The van der Waals surface area contributed by atoms with E-state index in [4.69, 9.17) is 4.74 Å². The molecule has 0 aliphatic carbocycles. The number of amides is 1. The lowest BCUT2D eigenvalue weighted by Gasteiger charge is -2.27. The second-order valence-corrected chi connectivity index (χ2v) is 6.41. The van der Waals surface area contributed by atoms with Crippen LogP contribution in [0.3, 0.4) is 0 Å². The van der Waals surface area contributed by atoms with Crippen LogP contribution in [0.1, 0.15) is 31.2 Å². The van der Waals surface area contributed by atoms with Crippen LogP contribution in [0.4, 0.5) is 0 Å². The maximum Gasteiger partial charge on any atom is 0.225 e. The van der Waals surface area contributed by atoms with E-state index in [9.17, 15) is 4.79 Å². The molecule has 23 heavy (non-hydrogen) atoms. The van der Waals surface area contributed by atoms with Crippen molar-refractivity contribution in [3.8, 4) is 0 Å². The highest BCUT2D eigenvalue weighted by molar-refractivity contribution is 5.93. The van der Waals surface area contributed by atoms with Gasteiger partial charge in [0.1, 0.15) is 0 Å². The Morgan fingerprint density at radius 1 is 1.35 bits per heavy atom. The number of H-pyrrole nitrogens is 1. The number of carbonyl (C=O) groups is 1. The Kier molecular flexibility index (Phi) is 3.92. The smallest absolute Gasteiger partial charge is 0.225 e. The molecular weight excluding hydrogens is 288 g/mol. The average molecular weight is 310 g/mol. The SMILES string of the molecule is O=C(C[C@H]1CCCO1)N1CC=C(c2c[nH]c3ccccc23)CC1. The molecule has 1 aromatic carbocycles. The van der Waals surface area contributed by atoms with Gasteiger partial charge in [0, 0.05) is 42.4 Å². The fourth-order valence-electron chi connectivity index (χ4n) is 3.61. The molecule has 120 valence electrons. The van der Waals surface area contributed by atoms with Gasteiger partial charge in [0.25, 0.3) is 0 Å². The number of benzene rings is 1. The molecule has 4 nitrogen and oxygen atoms in total. The summed E-state index contributed by atoms with van der Waals surface area (Å²) in [4.78, 5) is 17.7. The predicted octanol–water partition coefficient (Wildman–Crippen LogP) is 3.35. The van der Waals surface area contributed by atoms with Crippen molar-refractivity contribution in [2.45, 2.75) is 31.8 Å². The zero-order chi connectivity index (χ0) is 15.6. The maximum absolute atomic E-state index is 12.4. The van der Waals surface area contributed by atoms with Crippen LogP contribution in [-0.4, -0.2) is 41.6 Å². The third-order valence-corrected chi connectivity index (χ3v) is 4.92. The van der Waals surface area contributed by atoms with Gasteiger partial charge in [0.05, 0.1) is 12.5 Å². The van der Waals surface area contributed by atoms with Crippen molar-refractivity contribution in [3.63, 3.8) is 0 Å². The van der Waals surface area contributed by atoms with Gasteiger partial charge < -0.3 is 14.6 Å². The summed E-state index contributed by atoms with van der Waals surface area (Å²) in [6.45, 7) is 2.32. The first-order valence-electron chi connectivity index (χ1n) is 8.46. The molecule has 0 spiro atoms. The summed E-state index contributed by atoms with van der Waals surface area (Å²) >= 11 is 0. The number of carbonyl (C=O) groups excluding carboxylic acids is 1. The maximum atomic E-state index is 12.4. The van der Waals surface area contributed by atoms with Gasteiger partial charge in [-0.2, -0.15) is 0 Å². The molecule has 2 aliphatic rings. The molecule has 0 bridgehead atoms. The molecule has 2 aromatic rings. The number of aromatic amines is 1. The lowest BCUT2D eigenvalue weighted by molar-refractivity contribution is -0.133. The van der Waals surface area contributed by atoms with Crippen LogP contribution in [0.5, 0.6) is 0 Å². The Balaban J connectivity index is 1.45. The quantitative estimate of drug-likeness (QED) is 0.945. The largest absolute Gasteiger partial charge is 0.378 e. The van der Waals surface area contributed by atoms with Crippen molar-refractivity contribution >= 4 is 22.4 Å². The van der Waals surface area contributed by atoms with Crippen LogP contribution in [0, 0.1) is 0 Å². The first kappa shape index (κ1) is 14.5. The van der Waals surface area contributed by atoms with Crippen molar-refractivity contribution < 1.29 is 9.53 Å². The molecule has 1 N–H and O–H groups in total. The first-order chi connectivity index (χ1) is 11.3. The van der Waals surface area contributed by atoms with Gasteiger partial charge in [-0.3, -0.25) is 4.79 Å². The van der Waals surface area contributed by atoms with E-state index in [1.807, 2.05) is 11.0 Å². The Hall–Kier alpha value is -2.07. The first-order valence-corrected chi connectivity index (χ1v) is 8.46. The van der Waals surface area contributed by atoms with E-state index in [2.05, 4.69) is 35.5 Å². The predicted molar refractivity (Wildman–Crippen MR) is 91.1 cm³/mol. The Morgan fingerprint density at radius 3 is 3.04 bits per heavy atom. The second-order valence-electron chi connectivity index (χ2n) is 6.41. The molecule has 1 fully saturated rings. The monoisotopic (exact) mass is 310 g/mol. The summed E-state index contributed by atoms with van der Waals surface area (Å²) in [6, 6.07) is 8.36. The van der Waals surface area contributed by atoms with Gasteiger partial charge in [0.2, 0.25) is 5.91 Å². The minimum Gasteiger partial charge on any atom is -0.378 e. The van der Waals surface area contributed by atoms with Crippen LogP contribution < -0.4 is 0 Å². The van der Waals surface area contributed by atoms with Gasteiger partial charge in [0.15, 0.2) is 0 Å². The molecule has 0 saturated carbocycles. The van der Waals surface area contributed by atoms with E-state index >= 15 is 0 Å². The molecule has 0 unspecified atom stereocenters. The van der Waals surface area contributed by atoms with Crippen LogP contribution in [0.15, 0.2) is 36.5 Å². The van der Waals surface area contributed by atoms with Gasteiger partial charge in [-0.25, -0.2) is 0 Å². The van der Waals surface area contributed by atoms with Gasteiger partial charge in [-0.1, -0.05) is 24.3 Å². The number of nitrogens with zero attached hydrogens (tertiary/aromatic N) is 1. The Morgan fingerprint density at radius 2 is 2.26 bits per heavy atom. The Bertz CT molecular complexity index is 741. The van der Waals surface area contributed by atoms with Gasteiger partial charge in [-0.05, 0) is 30.9 Å². The molecule has 0 radical (unpaired) electrons. The van der Waals surface area contributed by atoms with Crippen molar-refractivity contribution in [1.82, 2.24) is 9.88 Å². The van der Waals surface area contributed by atoms with Crippen LogP contribution >= 0.6 is 0 Å². The summed E-state index contributed by atoms with van der Waals surface area (Å²) in [5, 5.41) is 1.26. The van der Waals surface area contributed by atoms with Crippen molar-refractivity contribution in [2.75, 3.05) is 19.7 Å². The van der Waals surface area contributed by atoms with Crippen LogP contribution in [0.25, 0.3) is 16.5 Å². The number of hydrogen-bond donors (Lipinski definition) is 1. The minimum atomic E-state index is 0.140. The topological polar surface area (TPSA) is 45.3 Å². The molecule has 2 aliphatic heterocycles. The summed E-state index contributed by atoms with van der Waals surface area (Å²) < 4.78 is 5.58. The fourth-order valence-corrected chi connectivity index (χ4v) is 3.61. The number of rotatable bonds is 3. The number of para-hydroxylation sites is 1. The van der Waals surface area contributed by atoms with Crippen LogP contribution in [-0.2, 0) is 9.53 Å². The fraction of sp³-hybridized carbons (Fsp3) is 0.421. The summed E-state index contributed by atoms with van der Waals surface area (Å²) in [5.74, 6) is 0.228. The molecule has 3 heterocycles. The van der Waals surface area contributed by atoms with E-state index in [1.165, 1.54) is 22.0 Å². The molecule has 1 amide bonds. The van der Waals surface area contributed by atoms with E-state index < -0.39 is 0 Å². The highest BCUT2D eigenvalue weighted by Crippen LogP contribution is 2.29. The molecule has 1 atom stereocenters. The lowest BCUT2D eigenvalue weighted by Crippen LogP contribution is -2.36. The second kappa shape index (κ2) is 6.20. The highest BCUT2D eigenvalue weighted by atomic mass is 16.5. The zero-order valence-electron chi connectivity index (χ0n) is 13.3. The average Bonchev–Trinajstić information content (AvgIpc) is 3.24. The number of ether oxygens (including phenoxy) is 1. The third-order valence-electron chi connectivity index (χ3n) is 4.92. The van der Waals surface area contributed by atoms with Gasteiger partial charge in [-0.15, -0.1) is 0 Å². The molecule has 4 heteroatoms. The molecule has 1 aromatic heterocycles. The van der Waals surface area contributed by atoms with Crippen LogP contribution in [0.2, 0.25) is 0 Å². The van der Waals surface area contributed by atoms with E-state index in [0.717, 1.165) is 32.4 Å². The summed E-state index contributed by atoms with van der Waals surface area (Å²) in [6.07, 6.45) is 7.99. The Labute approximate surface area is 136 Å². The number of fused-ring (bicyclic) bond motifs is 1. The summed E-state index contributed by atoms with van der Waals surface area (Å²) in [7, 11) is 0. The number of hydrogen-bond acceptors (Lipinski definition) is 2. The van der Waals surface area contributed by atoms with Crippen molar-refractivity contribution in [1.29, 1.82) is 0 Å². The minimum absolute atomic E-state index is 0.140. The van der Waals surface area contributed by atoms with Gasteiger partial charge >= 0.3 is 0 Å². The standard InChI is InChI=1S/C19H22N2O2/c22-19(12-15-4-3-11-23-15)21-9-7-14(8-10-21)17-13-20-18-6-2-1-5-16(17)18/h1-2,5-7,13,15,20H,3-4,8-12H2/t15-/m1/s1. The molecule has 1 saturated heterocycles.